The molecule has 0 radical (unpaired) electrons. The molecule has 0 spiro atoms. The lowest BCUT2D eigenvalue weighted by Gasteiger charge is -2.14. The van der Waals surface area contributed by atoms with Crippen LogP contribution in [0.5, 0.6) is 0 Å². The fraction of sp³-hybridized carbons (Fsp3) is 0.188. The average Bonchev–Trinajstić information content (AvgIpc) is 2.97. The zero-order valence-corrected chi connectivity index (χ0v) is 14.8. The summed E-state index contributed by atoms with van der Waals surface area (Å²) >= 11 is 3.37. The number of halogens is 1. The number of aromatic nitrogens is 4. The van der Waals surface area contributed by atoms with Crippen LogP contribution in [0.15, 0.2) is 56.5 Å². The van der Waals surface area contributed by atoms with Crippen LogP contribution in [0.25, 0.3) is 11.6 Å². The van der Waals surface area contributed by atoms with Crippen LogP contribution in [-0.2, 0) is 11.3 Å². The Kier molecular flexibility index (Phi) is 5.03. The number of carbonyl (C=O) groups excluding carboxylic acids is 1. The molecule has 8 nitrogen and oxygen atoms in total. The zero-order chi connectivity index (χ0) is 17.8. The van der Waals surface area contributed by atoms with Gasteiger partial charge in [-0.3, -0.25) is 9.32 Å². The Balaban J connectivity index is 1.74. The van der Waals surface area contributed by atoms with Gasteiger partial charge >= 0.3 is 5.76 Å². The summed E-state index contributed by atoms with van der Waals surface area (Å²) in [6, 6.07) is 9.03. The summed E-state index contributed by atoms with van der Waals surface area (Å²) in [5.74, 6) is -0.772. The molecule has 1 N–H and O–H groups in total. The van der Waals surface area contributed by atoms with Crippen molar-refractivity contribution in [3.63, 3.8) is 0 Å². The van der Waals surface area contributed by atoms with Gasteiger partial charge in [0.1, 0.15) is 6.54 Å². The second-order valence-electron chi connectivity index (χ2n) is 5.27. The van der Waals surface area contributed by atoms with Crippen molar-refractivity contribution in [1.82, 2.24) is 25.0 Å². The third kappa shape index (κ3) is 4.00. The molecule has 3 rings (SSSR count). The van der Waals surface area contributed by atoms with E-state index in [4.69, 9.17) is 0 Å². The number of nitrogens with one attached hydrogen (secondary N) is 1. The highest BCUT2D eigenvalue weighted by atomic mass is 79.9. The number of nitrogens with zero attached hydrogens (tertiary/aromatic N) is 4. The van der Waals surface area contributed by atoms with E-state index in [1.165, 1.54) is 12.4 Å². The van der Waals surface area contributed by atoms with E-state index in [0.29, 0.717) is 0 Å². The first kappa shape index (κ1) is 17.0. The molecule has 0 bridgehead atoms. The Morgan fingerprint density at radius 1 is 1.28 bits per heavy atom. The maximum absolute atomic E-state index is 12.3. The first-order valence-electron chi connectivity index (χ1n) is 7.43. The van der Waals surface area contributed by atoms with Crippen LogP contribution in [0.1, 0.15) is 18.5 Å². The van der Waals surface area contributed by atoms with Gasteiger partial charge in [-0.1, -0.05) is 33.2 Å². The maximum atomic E-state index is 12.3. The van der Waals surface area contributed by atoms with Gasteiger partial charge in [-0.05, 0) is 30.7 Å². The van der Waals surface area contributed by atoms with Gasteiger partial charge in [-0.2, -0.15) is 0 Å². The summed E-state index contributed by atoms with van der Waals surface area (Å²) in [6.07, 6.45) is 3.03. The topological polar surface area (TPSA) is 103 Å². The molecule has 0 saturated heterocycles. The number of hydrogen-bond donors (Lipinski definition) is 1. The predicted octanol–water partition coefficient (Wildman–Crippen LogP) is 1.93. The molecular formula is C16H14BrN5O3. The molecule has 9 heteroatoms. The number of amides is 1. The van der Waals surface area contributed by atoms with Gasteiger partial charge < -0.3 is 5.32 Å². The van der Waals surface area contributed by atoms with E-state index in [1.807, 2.05) is 31.2 Å². The highest BCUT2D eigenvalue weighted by molar-refractivity contribution is 9.10. The molecule has 1 atom stereocenters. The molecule has 2 heterocycles. The number of hydrogen-bond acceptors (Lipinski definition) is 6. The summed E-state index contributed by atoms with van der Waals surface area (Å²) in [4.78, 5) is 32.2. The number of rotatable bonds is 5. The van der Waals surface area contributed by atoms with Crippen LogP contribution in [0.4, 0.5) is 0 Å². The van der Waals surface area contributed by atoms with E-state index in [0.717, 1.165) is 14.6 Å². The number of carbonyl (C=O) groups is 1. The van der Waals surface area contributed by atoms with E-state index in [1.54, 1.807) is 6.07 Å². The lowest BCUT2D eigenvalue weighted by atomic mass is 10.1. The quantitative estimate of drug-likeness (QED) is 0.697. The summed E-state index contributed by atoms with van der Waals surface area (Å²) in [5, 5.41) is 6.49. The Bertz CT molecular complexity index is 921. The lowest BCUT2D eigenvalue weighted by Crippen LogP contribution is -2.33. The molecule has 0 aliphatic carbocycles. The molecule has 0 fully saturated rings. The Hall–Kier alpha value is -2.81. The Morgan fingerprint density at radius 2 is 1.96 bits per heavy atom. The van der Waals surface area contributed by atoms with Crippen molar-refractivity contribution in [2.75, 3.05) is 0 Å². The zero-order valence-electron chi connectivity index (χ0n) is 13.2. The van der Waals surface area contributed by atoms with Crippen LogP contribution in [0, 0.1) is 0 Å². The van der Waals surface area contributed by atoms with Gasteiger partial charge in [0.25, 0.3) is 0 Å². The first-order chi connectivity index (χ1) is 12.0. The molecule has 1 amide bonds. The van der Waals surface area contributed by atoms with Crippen molar-refractivity contribution < 1.29 is 9.32 Å². The minimum Gasteiger partial charge on any atom is -0.348 e. The normalized spacial score (nSPS) is 11.9. The minimum atomic E-state index is -0.742. The van der Waals surface area contributed by atoms with Gasteiger partial charge in [-0.25, -0.2) is 19.3 Å². The van der Waals surface area contributed by atoms with E-state index >= 15 is 0 Å². The monoisotopic (exact) mass is 403 g/mol. The van der Waals surface area contributed by atoms with Crippen LogP contribution in [-0.4, -0.2) is 25.6 Å². The average molecular weight is 404 g/mol. The van der Waals surface area contributed by atoms with Crippen molar-refractivity contribution in [2.45, 2.75) is 19.5 Å². The second kappa shape index (κ2) is 7.39. The van der Waals surface area contributed by atoms with Gasteiger partial charge in [0, 0.05) is 16.9 Å². The molecule has 25 heavy (non-hydrogen) atoms. The molecule has 0 saturated carbocycles. The largest absolute Gasteiger partial charge is 0.442 e. The summed E-state index contributed by atoms with van der Waals surface area (Å²) in [5.41, 5.74) is 0.945. The van der Waals surface area contributed by atoms with E-state index < -0.39 is 5.76 Å². The van der Waals surface area contributed by atoms with Crippen molar-refractivity contribution in [3.8, 4) is 11.6 Å². The maximum Gasteiger partial charge on any atom is 0.442 e. The van der Waals surface area contributed by atoms with Gasteiger partial charge in [-0.15, -0.1) is 0 Å². The van der Waals surface area contributed by atoms with E-state index in [9.17, 15) is 9.59 Å². The van der Waals surface area contributed by atoms with Crippen LogP contribution >= 0.6 is 15.9 Å². The third-order valence-electron chi connectivity index (χ3n) is 3.50. The molecule has 0 aliphatic rings. The van der Waals surface area contributed by atoms with Crippen LogP contribution in [0.3, 0.4) is 0 Å². The fourth-order valence-corrected chi connectivity index (χ4v) is 2.51. The fourth-order valence-electron chi connectivity index (χ4n) is 2.25. The van der Waals surface area contributed by atoms with Gasteiger partial charge in [0.2, 0.25) is 11.7 Å². The van der Waals surface area contributed by atoms with Gasteiger partial charge in [0.15, 0.2) is 5.82 Å². The summed E-state index contributed by atoms with van der Waals surface area (Å²) < 4.78 is 6.70. The molecular weight excluding hydrogens is 390 g/mol. The Morgan fingerprint density at radius 3 is 2.64 bits per heavy atom. The van der Waals surface area contributed by atoms with Crippen LogP contribution < -0.4 is 11.1 Å². The second-order valence-corrected chi connectivity index (χ2v) is 6.19. The standard InChI is InChI=1S/C16H14BrN5O3/c1-10(11-3-5-12(17)6-4-11)20-13(23)9-22-15(21-25-16(22)24)14-18-7-2-8-19-14/h2-8,10H,9H2,1H3,(H,20,23). The lowest BCUT2D eigenvalue weighted by molar-refractivity contribution is -0.122. The number of benzene rings is 1. The highest BCUT2D eigenvalue weighted by Gasteiger charge is 2.18. The predicted molar refractivity (Wildman–Crippen MR) is 92.5 cm³/mol. The van der Waals surface area contributed by atoms with Gasteiger partial charge in [0.05, 0.1) is 6.04 Å². The van der Waals surface area contributed by atoms with Crippen molar-refractivity contribution >= 4 is 21.8 Å². The van der Waals surface area contributed by atoms with E-state index in [-0.39, 0.29) is 30.1 Å². The Labute approximate surface area is 151 Å². The molecule has 3 aromatic rings. The molecule has 128 valence electrons. The minimum absolute atomic E-state index is 0.108. The van der Waals surface area contributed by atoms with E-state index in [2.05, 4.69) is 40.9 Å². The third-order valence-corrected chi connectivity index (χ3v) is 4.03. The highest BCUT2D eigenvalue weighted by Crippen LogP contribution is 2.16. The summed E-state index contributed by atoms with van der Waals surface area (Å²) in [6.45, 7) is 1.62. The summed E-state index contributed by atoms with van der Waals surface area (Å²) in [7, 11) is 0. The molecule has 0 aliphatic heterocycles. The van der Waals surface area contributed by atoms with Crippen molar-refractivity contribution in [3.05, 3.63) is 63.3 Å². The SMILES string of the molecule is CC(NC(=O)Cn1c(-c2ncccn2)noc1=O)c1ccc(Br)cc1. The molecule has 1 aromatic carbocycles. The van der Waals surface area contributed by atoms with Crippen molar-refractivity contribution in [2.24, 2.45) is 0 Å². The van der Waals surface area contributed by atoms with Crippen LogP contribution in [0.2, 0.25) is 0 Å². The first-order valence-corrected chi connectivity index (χ1v) is 8.22. The van der Waals surface area contributed by atoms with Crippen molar-refractivity contribution in [1.29, 1.82) is 0 Å². The molecule has 2 aromatic heterocycles. The smallest absolute Gasteiger partial charge is 0.348 e. The molecule has 1 unspecified atom stereocenters.